The first kappa shape index (κ1) is 23.7. The minimum atomic E-state index is -0.100. The summed E-state index contributed by atoms with van der Waals surface area (Å²) in [4.78, 5) is 30.2. The van der Waals surface area contributed by atoms with Crippen molar-refractivity contribution in [1.29, 1.82) is 0 Å². The van der Waals surface area contributed by atoms with Gasteiger partial charge in [0.05, 0.1) is 0 Å². The fraction of sp³-hybridized carbons (Fsp3) is 0.333. The van der Waals surface area contributed by atoms with Crippen LogP contribution in [0.3, 0.4) is 0 Å². The Kier molecular flexibility index (Phi) is 6.56. The molecule has 0 aliphatic carbocycles. The number of imidazole rings is 1. The van der Waals surface area contributed by atoms with Crippen molar-refractivity contribution in [3.05, 3.63) is 54.9 Å². The molecular formula is C27H32N8O. The molecule has 0 radical (unpaired) electrons. The summed E-state index contributed by atoms with van der Waals surface area (Å²) in [6, 6.07) is 16.3. The summed E-state index contributed by atoms with van der Waals surface area (Å²) in [5.41, 5.74) is 5.38. The van der Waals surface area contributed by atoms with Crippen molar-refractivity contribution in [2.24, 2.45) is 0 Å². The van der Waals surface area contributed by atoms with E-state index >= 15 is 0 Å². The van der Waals surface area contributed by atoms with E-state index in [2.05, 4.69) is 80.1 Å². The monoisotopic (exact) mass is 484 g/mol. The van der Waals surface area contributed by atoms with Gasteiger partial charge in [-0.05, 0) is 69.4 Å². The summed E-state index contributed by atoms with van der Waals surface area (Å²) >= 11 is 0. The number of carbonyl (C=O) groups is 1. The zero-order valence-corrected chi connectivity index (χ0v) is 21.2. The SMILES string of the molecule is CC(=O)Nc1ccc(Nc2ncnc3c2nc(-c2ccc(N4CCN(C)CC4)cc2)n3C(C)C)cc1. The number of likely N-dealkylation sites (N-methyl/N-ethyl adjacent to an activating group) is 1. The Labute approximate surface area is 211 Å². The van der Waals surface area contributed by atoms with Crippen LogP contribution in [0.2, 0.25) is 0 Å². The first-order valence-electron chi connectivity index (χ1n) is 12.3. The van der Waals surface area contributed by atoms with Crippen LogP contribution in [0.25, 0.3) is 22.6 Å². The van der Waals surface area contributed by atoms with E-state index in [4.69, 9.17) is 4.98 Å². The molecule has 36 heavy (non-hydrogen) atoms. The van der Waals surface area contributed by atoms with Crippen molar-refractivity contribution in [1.82, 2.24) is 24.4 Å². The van der Waals surface area contributed by atoms with Crippen LogP contribution >= 0.6 is 0 Å². The maximum Gasteiger partial charge on any atom is 0.221 e. The Morgan fingerprint density at radius 1 is 0.917 bits per heavy atom. The summed E-state index contributed by atoms with van der Waals surface area (Å²) in [5.74, 6) is 1.41. The first-order chi connectivity index (χ1) is 17.4. The van der Waals surface area contributed by atoms with E-state index in [0.29, 0.717) is 5.82 Å². The predicted molar refractivity (Wildman–Crippen MR) is 145 cm³/mol. The lowest BCUT2D eigenvalue weighted by atomic mass is 10.1. The maximum atomic E-state index is 11.3. The number of piperazine rings is 1. The predicted octanol–water partition coefficient (Wildman–Crippen LogP) is 4.53. The molecule has 0 atom stereocenters. The van der Waals surface area contributed by atoms with Crippen molar-refractivity contribution in [2.45, 2.75) is 26.8 Å². The molecule has 1 aliphatic rings. The van der Waals surface area contributed by atoms with Gasteiger partial charge in [-0.15, -0.1) is 0 Å². The van der Waals surface area contributed by atoms with Crippen LogP contribution < -0.4 is 15.5 Å². The average Bonchev–Trinajstić information content (AvgIpc) is 3.27. The standard InChI is InChI=1S/C27H32N8O/c1-18(2)35-26(20-5-11-23(12-6-20)34-15-13-33(4)14-16-34)32-24-25(28-17-29-27(24)35)31-22-9-7-21(8-10-22)30-19(3)36/h5-12,17-18H,13-16H2,1-4H3,(H,30,36)(H,28,29,31). The molecule has 9 heteroatoms. The van der Waals surface area contributed by atoms with E-state index < -0.39 is 0 Å². The number of benzene rings is 2. The maximum absolute atomic E-state index is 11.3. The second-order valence-corrected chi connectivity index (χ2v) is 9.51. The topological polar surface area (TPSA) is 91.2 Å². The largest absolute Gasteiger partial charge is 0.369 e. The number of aromatic nitrogens is 4. The molecule has 0 spiro atoms. The Morgan fingerprint density at radius 3 is 2.22 bits per heavy atom. The van der Waals surface area contributed by atoms with Gasteiger partial charge in [0, 0.05) is 61.8 Å². The molecule has 4 aromatic rings. The Balaban J connectivity index is 1.46. The minimum Gasteiger partial charge on any atom is -0.369 e. The molecule has 0 unspecified atom stereocenters. The van der Waals surface area contributed by atoms with Gasteiger partial charge in [-0.25, -0.2) is 15.0 Å². The normalized spacial score (nSPS) is 14.4. The summed E-state index contributed by atoms with van der Waals surface area (Å²) in [7, 11) is 2.17. The third-order valence-electron chi connectivity index (χ3n) is 6.46. The molecule has 186 valence electrons. The van der Waals surface area contributed by atoms with Crippen molar-refractivity contribution >= 4 is 40.0 Å². The lowest BCUT2D eigenvalue weighted by Crippen LogP contribution is -2.44. The minimum absolute atomic E-state index is 0.100. The molecule has 9 nitrogen and oxygen atoms in total. The molecule has 1 aliphatic heterocycles. The Bertz CT molecular complexity index is 1350. The smallest absolute Gasteiger partial charge is 0.221 e. The quantitative estimate of drug-likeness (QED) is 0.416. The summed E-state index contributed by atoms with van der Waals surface area (Å²) in [5, 5.41) is 6.14. The van der Waals surface area contributed by atoms with E-state index in [1.165, 1.54) is 12.6 Å². The van der Waals surface area contributed by atoms with E-state index in [-0.39, 0.29) is 11.9 Å². The van der Waals surface area contributed by atoms with Crippen molar-refractivity contribution in [2.75, 3.05) is 48.8 Å². The third-order valence-corrected chi connectivity index (χ3v) is 6.46. The van der Waals surface area contributed by atoms with Crippen LogP contribution in [0.4, 0.5) is 22.9 Å². The summed E-state index contributed by atoms with van der Waals surface area (Å²) in [6.45, 7) is 10.0. The van der Waals surface area contributed by atoms with Crippen molar-refractivity contribution in [3.8, 4) is 11.4 Å². The third kappa shape index (κ3) is 4.87. The number of hydrogen-bond acceptors (Lipinski definition) is 7. The van der Waals surface area contributed by atoms with Crippen molar-refractivity contribution in [3.63, 3.8) is 0 Å². The van der Waals surface area contributed by atoms with Gasteiger partial charge in [-0.2, -0.15) is 0 Å². The molecule has 1 fully saturated rings. The van der Waals surface area contributed by atoms with Crippen LogP contribution in [0.5, 0.6) is 0 Å². The van der Waals surface area contributed by atoms with Gasteiger partial charge in [-0.1, -0.05) is 0 Å². The van der Waals surface area contributed by atoms with Gasteiger partial charge in [0.15, 0.2) is 17.0 Å². The molecule has 1 amide bonds. The van der Waals surface area contributed by atoms with Gasteiger partial charge in [-0.3, -0.25) is 4.79 Å². The van der Waals surface area contributed by atoms with Crippen LogP contribution in [-0.4, -0.2) is 63.6 Å². The molecule has 3 heterocycles. The van der Waals surface area contributed by atoms with Gasteiger partial charge >= 0.3 is 0 Å². The van der Waals surface area contributed by atoms with Gasteiger partial charge in [0.25, 0.3) is 0 Å². The van der Waals surface area contributed by atoms with E-state index in [1.807, 2.05) is 24.3 Å². The van der Waals surface area contributed by atoms with Gasteiger partial charge in [0.1, 0.15) is 12.2 Å². The van der Waals surface area contributed by atoms with Crippen LogP contribution in [0.15, 0.2) is 54.9 Å². The molecule has 2 aromatic heterocycles. The first-order valence-corrected chi connectivity index (χ1v) is 12.3. The van der Waals surface area contributed by atoms with Crippen LogP contribution in [0, 0.1) is 0 Å². The van der Waals surface area contributed by atoms with Crippen LogP contribution in [0.1, 0.15) is 26.8 Å². The highest BCUT2D eigenvalue weighted by Gasteiger charge is 2.20. The fourth-order valence-electron chi connectivity index (χ4n) is 4.56. The lowest BCUT2D eigenvalue weighted by molar-refractivity contribution is -0.114. The molecule has 2 N–H and O–H groups in total. The number of rotatable bonds is 6. The number of nitrogens with one attached hydrogen (secondary N) is 2. The molecular weight excluding hydrogens is 452 g/mol. The molecule has 5 rings (SSSR count). The van der Waals surface area contributed by atoms with Crippen molar-refractivity contribution < 1.29 is 4.79 Å². The number of amides is 1. The highest BCUT2D eigenvalue weighted by Crippen LogP contribution is 2.32. The number of nitrogens with zero attached hydrogens (tertiary/aromatic N) is 6. The average molecular weight is 485 g/mol. The number of anilines is 4. The second-order valence-electron chi connectivity index (χ2n) is 9.51. The lowest BCUT2D eigenvalue weighted by Gasteiger charge is -2.34. The summed E-state index contributed by atoms with van der Waals surface area (Å²) < 4.78 is 2.16. The van der Waals surface area contributed by atoms with E-state index in [0.717, 1.165) is 60.1 Å². The molecule has 0 saturated carbocycles. The molecule has 2 aromatic carbocycles. The second kappa shape index (κ2) is 9.94. The van der Waals surface area contributed by atoms with E-state index in [9.17, 15) is 4.79 Å². The summed E-state index contributed by atoms with van der Waals surface area (Å²) in [6.07, 6.45) is 1.57. The van der Waals surface area contributed by atoms with Gasteiger partial charge < -0.3 is 25.0 Å². The van der Waals surface area contributed by atoms with Gasteiger partial charge in [0.2, 0.25) is 5.91 Å². The Hall–Kier alpha value is -3.98. The number of hydrogen-bond donors (Lipinski definition) is 2. The number of carbonyl (C=O) groups excluding carboxylic acids is 1. The zero-order chi connectivity index (χ0) is 25.2. The molecule has 1 saturated heterocycles. The highest BCUT2D eigenvalue weighted by molar-refractivity contribution is 5.90. The highest BCUT2D eigenvalue weighted by atomic mass is 16.1. The Morgan fingerprint density at radius 2 is 1.58 bits per heavy atom. The van der Waals surface area contributed by atoms with E-state index in [1.54, 1.807) is 6.33 Å². The van der Waals surface area contributed by atoms with Crippen LogP contribution in [-0.2, 0) is 4.79 Å². The zero-order valence-electron chi connectivity index (χ0n) is 21.2. The molecule has 0 bridgehead atoms. The fourth-order valence-corrected chi connectivity index (χ4v) is 4.56. The number of fused-ring (bicyclic) bond motifs is 1.